The number of sulfonamides is 1. The van der Waals surface area contributed by atoms with Gasteiger partial charge in [0.15, 0.2) is 0 Å². The Morgan fingerprint density at radius 3 is 2.58 bits per heavy atom. The van der Waals surface area contributed by atoms with Crippen molar-refractivity contribution < 1.29 is 13.2 Å². The average Bonchev–Trinajstić information content (AvgIpc) is 2.63. The van der Waals surface area contributed by atoms with Gasteiger partial charge in [-0.2, -0.15) is 0 Å². The van der Waals surface area contributed by atoms with Crippen LogP contribution in [0.4, 0.5) is 5.69 Å². The molecule has 1 N–H and O–H groups in total. The van der Waals surface area contributed by atoms with Gasteiger partial charge in [0, 0.05) is 12.1 Å². The van der Waals surface area contributed by atoms with Gasteiger partial charge >= 0.3 is 0 Å². The van der Waals surface area contributed by atoms with E-state index in [-0.39, 0.29) is 17.7 Å². The molecule has 7 heteroatoms. The van der Waals surface area contributed by atoms with Gasteiger partial charge in [-0.15, -0.1) is 0 Å². The van der Waals surface area contributed by atoms with Crippen molar-refractivity contribution in [2.45, 2.75) is 25.8 Å². The maximum Gasteiger partial charge on any atom is 0.251 e. The maximum absolute atomic E-state index is 12.6. The van der Waals surface area contributed by atoms with Gasteiger partial charge in [0.05, 0.1) is 22.5 Å². The maximum atomic E-state index is 12.6. The lowest BCUT2D eigenvalue weighted by Crippen LogP contribution is -2.38. The molecule has 1 fully saturated rings. The molecule has 1 atom stereocenters. The van der Waals surface area contributed by atoms with Gasteiger partial charge in [0.25, 0.3) is 5.91 Å². The van der Waals surface area contributed by atoms with Crippen molar-refractivity contribution in [3.05, 3.63) is 64.7 Å². The first-order chi connectivity index (χ1) is 12.4. The minimum Gasteiger partial charge on any atom is -0.346 e. The number of benzene rings is 2. The molecule has 26 heavy (non-hydrogen) atoms. The SMILES string of the molecule is CC(NC(=O)c1ccc(Cl)c(N2CCCCS2(=O)=O)c1)c1ccccc1. The van der Waals surface area contributed by atoms with Crippen LogP contribution in [0.3, 0.4) is 0 Å². The van der Waals surface area contributed by atoms with E-state index in [1.807, 2.05) is 37.3 Å². The first kappa shape index (κ1) is 18.7. The average molecular weight is 393 g/mol. The summed E-state index contributed by atoms with van der Waals surface area (Å²) in [5.74, 6) is -0.168. The Labute approximate surface area is 159 Å². The largest absolute Gasteiger partial charge is 0.346 e. The first-order valence-electron chi connectivity index (χ1n) is 8.54. The fraction of sp³-hybridized carbons (Fsp3) is 0.316. The lowest BCUT2D eigenvalue weighted by atomic mass is 10.1. The zero-order valence-corrected chi connectivity index (χ0v) is 16.1. The van der Waals surface area contributed by atoms with Gasteiger partial charge in [-0.1, -0.05) is 41.9 Å². The molecule has 138 valence electrons. The number of carbonyl (C=O) groups is 1. The van der Waals surface area contributed by atoms with Crippen LogP contribution in [-0.2, 0) is 10.0 Å². The summed E-state index contributed by atoms with van der Waals surface area (Å²) in [4.78, 5) is 12.6. The molecule has 3 rings (SSSR count). The monoisotopic (exact) mass is 392 g/mol. The predicted octanol–water partition coefficient (Wildman–Crippen LogP) is 3.76. The Kier molecular flexibility index (Phi) is 5.53. The Morgan fingerprint density at radius 2 is 1.88 bits per heavy atom. The van der Waals surface area contributed by atoms with E-state index in [1.165, 1.54) is 4.31 Å². The lowest BCUT2D eigenvalue weighted by molar-refractivity contribution is 0.0940. The molecule has 5 nitrogen and oxygen atoms in total. The number of anilines is 1. The number of halogens is 1. The Balaban J connectivity index is 1.84. The Hall–Kier alpha value is -2.05. The first-order valence-corrected chi connectivity index (χ1v) is 10.5. The smallest absolute Gasteiger partial charge is 0.251 e. The molecule has 2 aromatic rings. The van der Waals surface area contributed by atoms with Crippen molar-refractivity contribution >= 4 is 33.2 Å². The molecular weight excluding hydrogens is 372 g/mol. The molecule has 0 aliphatic carbocycles. The highest BCUT2D eigenvalue weighted by molar-refractivity contribution is 7.92. The minimum atomic E-state index is -3.39. The summed E-state index contributed by atoms with van der Waals surface area (Å²) < 4.78 is 26.0. The molecule has 0 spiro atoms. The van der Waals surface area contributed by atoms with E-state index in [2.05, 4.69) is 5.32 Å². The Morgan fingerprint density at radius 1 is 1.15 bits per heavy atom. The van der Waals surface area contributed by atoms with Gasteiger partial charge in [-0.25, -0.2) is 8.42 Å². The number of carbonyl (C=O) groups excluding carboxylic acids is 1. The van der Waals surface area contributed by atoms with Crippen LogP contribution in [0.2, 0.25) is 5.02 Å². The van der Waals surface area contributed by atoms with Gasteiger partial charge in [0.1, 0.15) is 0 Å². The van der Waals surface area contributed by atoms with E-state index >= 15 is 0 Å². The van der Waals surface area contributed by atoms with Gasteiger partial charge in [0.2, 0.25) is 10.0 Å². The summed E-state index contributed by atoms with van der Waals surface area (Å²) in [6.45, 7) is 2.28. The summed E-state index contributed by atoms with van der Waals surface area (Å²) in [5.41, 5.74) is 1.74. The molecule has 1 unspecified atom stereocenters. The molecular formula is C19H21ClN2O3S. The minimum absolute atomic E-state index is 0.102. The van der Waals surface area contributed by atoms with Crippen LogP contribution < -0.4 is 9.62 Å². The number of hydrogen-bond donors (Lipinski definition) is 1. The summed E-state index contributed by atoms with van der Waals surface area (Å²) in [7, 11) is -3.39. The van der Waals surface area contributed by atoms with Crippen LogP contribution in [0.1, 0.15) is 41.7 Å². The van der Waals surface area contributed by atoms with Crippen molar-refractivity contribution in [2.75, 3.05) is 16.6 Å². The second kappa shape index (κ2) is 7.68. The van der Waals surface area contributed by atoms with E-state index in [0.29, 0.717) is 29.2 Å². The van der Waals surface area contributed by atoms with Crippen molar-refractivity contribution in [1.82, 2.24) is 5.32 Å². The second-order valence-electron chi connectivity index (χ2n) is 6.37. The summed E-state index contributed by atoms with van der Waals surface area (Å²) >= 11 is 6.23. The zero-order chi connectivity index (χ0) is 18.7. The molecule has 1 heterocycles. The highest BCUT2D eigenvalue weighted by Gasteiger charge is 2.28. The molecule has 1 amide bonds. The standard InChI is InChI=1S/C19H21ClN2O3S/c1-14(15-7-3-2-4-8-15)21-19(23)16-9-10-17(20)18(13-16)22-11-5-6-12-26(22,24)25/h2-4,7-10,13-14H,5-6,11-12H2,1H3,(H,21,23). The molecule has 0 bridgehead atoms. The molecule has 0 saturated carbocycles. The molecule has 1 aliphatic heterocycles. The molecule has 0 aromatic heterocycles. The third kappa shape index (κ3) is 4.02. The molecule has 1 saturated heterocycles. The quantitative estimate of drug-likeness (QED) is 0.861. The number of nitrogens with one attached hydrogen (secondary N) is 1. The highest BCUT2D eigenvalue weighted by atomic mass is 35.5. The number of hydrogen-bond acceptors (Lipinski definition) is 3. The van der Waals surface area contributed by atoms with E-state index in [1.54, 1.807) is 18.2 Å². The van der Waals surface area contributed by atoms with Crippen LogP contribution in [0.5, 0.6) is 0 Å². The third-order valence-corrected chi connectivity index (χ3v) is 6.65. The van der Waals surface area contributed by atoms with E-state index in [0.717, 1.165) is 12.0 Å². The van der Waals surface area contributed by atoms with Gasteiger partial charge in [-0.05, 0) is 43.5 Å². The lowest BCUT2D eigenvalue weighted by Gasteiger charge is -2.29. The van der Waals surface area contributed by atoms with Crippen LogP contribution in [0.25, 0.3) is 0 Å². The van der Waals surface area contributed by atoms with E-state index < -0.39 is 10.0 Å². The number of rotatable bonds is 4. The third-order valence-electron chi connectivity index (χ3n) is 4.47. The topological polar surface area (TPSA) is 66.5 Å². The normalized spacial score (nSPS) is 17.5. The summed E-state index contributed by atoms with van der Waals surface area (Å²) in [5, 5.41) is 3.26. The van der Waals surface area contributed by atoms with Gasteiger partial charge < -0.3 is 5.32 Å². The second-order valence-corrected chi connectivity index (χ2v) is 8.79. The Bertz CT molecular complexity index is 900. The van der Waals surface area contributed by atoms with Crippen LogP contribution in [-0.4, -0.2) is 26.6 Å². The van der Waals surface area contributed by atoms with E-state index in [4.69, 9.17) is 11.6 Å². The van der Waals surface area contributed by atoms with Gasteiger partial charge in [-0.3, -0.25) is 9.10 Å². The van der Waals surface area contributed by atoms with Crippen molar-refractivity contribution in [1.29, 1.82) is 0 Å². The summed E-state index contributed by atoms with van der Waals surface area (Å²) in [6.07, 6.45) is 1.42. The van der Waals surface area contributed by atoms with E-state index in [9.17, 15) is 13.2 Å². The van der Waals surface area contributed by atoms with Crippen molar-refractivity contribution in [3.8, 4) is 0 Å². The van der Waals surface area contributed by atoms with Crippen molar-refractivity contribution in [2.24, 2.45) is 0 Å². The summed E-state index contributed by atoms with van der Waals surface area (Å²) in [6, 6.07) is 14.2. The predicted molar refractivity (Wildman–Crippen MR) is 104 cm³/mol. The molecule has 1 aliphatic rings. The molecule has 0 radical (unpaired) electrons. The highest BCUT2D eigenvalue weighted by Crippen LogP contribution is 2.31. The number of nitrogens with zero attached hydrogens (tertiary/aromatic N) is 1. The van der Waals surface area contributed by atoms with Crippen LogP contribution in [0, 0.1) is 0 Å². The van der Waals surface area contributed by atoms with Crippen molar-refractivity contribution in [3.63, 3.8) is 0 Å². The molecule has 2 aromatic carbocycles. The van der Waals surface area contributed by atoms with Crippen LogP contribution in [0.15, 0.2) is 48.5 Å². The fourth-order valence-corrected chi connectivity index (χ4v) is 4.93. The zero-order valence-electron chi connectivity index (χ0n) is 14.5. The fourth-order valence-electron chi connectivity index (χ4n) is 3.01. The number of amides is 1. The van der Waals surface area contributed by atoms with Crippen LogP contribution >= 0.6 is 11.6 Å².